The van der Waals surface area contributed by atoms with Crippen LogP contribution in [0.3, 0.4) is 0 Å². The third kappa shape index (κ3) is 7.76. The summed E-state index contributed by atoms with van der Waals surface area (Å²) < 4.78 is 34.9. The van der Waals surface area contributed by atoms with E-state index in [1.165, 1.54) is 5.57 Å². The second-order valence-corrected chi connectivity index (χ2v) is 23.1. The van der Waals surface area contributed by atoms with Crippen molar-refractivity contribution in [2.24, 2.45) is 50.2 Å². The van der Waals surface area contributed by atoms with Gasteiger partial charge in [-0.3, -0.25) is 4.79 Å². The summed E-state index contributed by atoms with van der Waals surface area (Å²) >= 11 is 0. The molecule has 0 aromatic carbocycles. The van der Waals surface area contributed by atoms with Gasteiger partial charge in [0.25, 0.3) is 0 Å². The number of carbonyl (C=O) groups excluding carboxylic acids is 1. The fourth-order valence-electron chi connectivity index (χ4n) is 14.7. The smallest absolute Gasteiger partial charge is 0.335 e. The van der Waals surface area contributed by atoms with Crippen molar-refractivity contribution in [1.82, 2.24) is 0 Å². The number of ether oxygens (including phenoxy) is 6. The van der Waals surface area contributed by atoms with Crippen LogP contribution in [0.4, 0.5) is 0 Å². The highest BCUT2D eigenvalue weighted by molar-refractivity contribution is 5.79. The zero-order valence-electron chi connectivity index (χ0n) is 38.7. The quantitative estimate of drug-likeness (QED) is 0.0918. The first kappa shape index (κ1) is 49.5. The van der Waals surface area contributed by atoms with Crippen molar-refractivity contribution in [1.29, 1.82) is 0 Å². The highest BCUT2D eigenvalue weighted by Crippen LogP contribution is 2.76. The molecule has 3 saturated heterocycles. The minimum absolute atomic E-state index is 0.0646. The van der Waals surface area contributed by atoms with E-state index in [0.29, 0.717) is 19.3 Å². The number of carboxylic acids is 1. The maximum absolute atomic E-state index is 14.6. The lowest BCUT2D eigenvalue weighted by Crippen LogP contribution is -2.67. The van der Waals surface area contributed by atoms with Gasteiger partial charge in [-0.15, -0.1) is 0 Å². The van der Waals surface area contributed by atoms with Crippen LogP contribution in [0.25, 0.3) is 0 Å². The molecule has 0 spiro atoms. The SMILES string of the molecule is CC1(C)CC[C@]2(C(=O)O[C@@H]3O[C@H](CO)[C@@H](O)[C@H](O)[C@H]3O)CC[C@]3(C)C(=CC[C@@H]4[C@@]5(C)CC[C@@H](O[C@@H]6O[C@H](C(=O)O)[C@@H](O[C@@H]7OC[C@H](O)[C@H](O)[C@H]7O)[C@H](O)[C@H]6O)C(C)(C)[C@@H]5CC[C@]43C)[C@@H]2C1. The Morgan fingerprint density at radius 1 is 0.708 bits per heavy atom. The monoisotopic (exact) mass is 926 g/mol. The normalized spacial score (nSPS) is 52.7. The van der Waals surface area contributed by atoms with Gasteiger partial charge in [0.05, 0.1) is 24.7 Å². The topological polar surface area (TPSA) is 292 Å². The second-order valence-electron chi connectivity index (χ2n) is 23.1. The molecule has 10 N–H and O–H groups in total. The molecule has 4 saturated carbocycles. The maximum Gasteiger partial charge on any atom is 0.335 e. The van der Waals surface area contributed by atoms with Crippen molar-refractivity contribution < 1.29 is 89.1 Å². The van der Waals surface area contributed by atoms with Crippen LogP contribution in [0.5, 0.6) is 0 Å². The van der Waals surface area contributed by atoms with Crippen LogP contribution in [-0.4, -0.2) is 168 Å². The molecule has 0 aromatic rings. The molecule has 3 aliphatic heterocycles. The molecule has 5 aliphatic carbocycles. The summed E-state index contributed by atoms with van der Waals surface area (Å²) in [5, 5.41) is 105. The Labute approximate surface area is 380 Å². The lowest BCUT2D eigenvalue weighted by Gasteiger charge is -2.71. The average molecular weight is 927 g/mol. The maximum atomic E-state index is 14.6. The molecule has 7 fully saturated rings. The molecule has 65 heavy (non-hydrogen) atoms. The zero-order valence-corrected chi connectivity index (χ0v) is 38.7. The Kier molecular flexibility index (Phi) is 13.1. The Bertz CT molecular complexity index is 1820. The van der Waals surface area contributed by atoms with E-state index in [1.54, 1.807) is 0 Å². The van der Waals surface area contributed by atoms with Crippen LogP contribution in [0, 0.1) is 50.2 Å². The van der Waals surface area contributed by atoms with Crippen LogP contribution in [0.2, 0.25) is 0 Å². The third-order valence-electron chi connectivity index (χ3n) is 18.9. The van der Waals surface area contributed by atoms with E-state index in [0.717, 1.165) is 44.9 Å². The van der Waals surface area contributed by atoms with Crippen molar-refractivity contribution in [3.8, 4) is 0 Å². The molecular weight excluding hydrogens is 852 g/mol. The first-order chi connectivity index (χ1) is 30.3. The molecule has 0 amide bonds. The first-order valence-corrected chi connectivity index (χ1v) is 23.7. The van der Waals surface area contributed by atoms with Crippen molar-refractivity contribution in [3.63, 3.8) is 0 Å². The number of aliphatic carboxylic acids is 1. The van der Waals surface area contributed by atoms with Crippen LogP contribution in [-0.2, 0) is 38.0 Å². The molecule has 0 unspecified atom stereocenters. The zero-order chi connectivity index (χ0) is 47.6. The van der Waals surface area contributed by atoms with Gasteiger partial charge < -0.3 is 79.5 Å². The van der Waals surface area contributed by atoms with E-state index in [-0.39, 0.29) is 39.4 Å². The molecule has 0 bridgehead atoms. The van der Waals surface area contributed by atoms with Gasteiger partial charge in [-0.05, 0) is 109 Å². The number of hydrogen-bond acceptors (Lipinski definition) is 17. The van der Waals surface area contributed by atoms with Crippen LogP contribution >= 0.6 is 0 Å². The molecule has 370 valence electrons. The molecular formula is C47H74O18. The second kappa shape index (κ2) is 17.2. The summed E-state index contributed by atoms with van der Waals surface area (Å²) in [6, 6.07) is 0. The molecule has 3 heterocycles. The first-order valence-electron chi connectivity index (χ1n) is 23.7. The van der Waals surface area contributed by atoms with E-state index in [2.05, 4.69) is 54.5 Å². The highest BCUT2D eigenvalue weighted by atomic mass is 16.7. The third-order valence-corrected chi connectivity index (χ3v) is 18.9. The lowest BCUT2D eigenvalue weighted by atomic mass is 9.33. The van der Waals surface area contributed by atoms with Gasteiger partial charge in [0.1, 0.15) is 61.0 Å². The van der Waals surface area contributed by atoms with Gasteiger partial charge in [-0.25, -0.2) is 4.79 Å². The molecule has 18 heteroatoms. The number of aliphatic hydroxyl groups is 9. The van der Waals surface area contributed by atoms with Crippen molar-refractivity contribution in [3.05, 3.63) is 11.6 Å². The molecule has 18 nitrogen and oxygen atoms in total. The Morgan fingerprint density at radius 3 is 2.05 bits per heavy atom. The van der Waals surface area contributed by atoms with Crippen molar-refractivity contribution >= 4 is 11.9 Å². The number of rotatable bonds is 8. The standard InChI is InChI=1S/C47H74O18/c1-42(2)14-16-47(41(59)65-39-33(55)30(52)29(51)24(19-48)61-39)17-15-45(6)21(22(47)18-42)8-9-26-44(5)12-11-27(43(3,4)25(44)10-13-46(26,45)7)62-40-34(56)31(53)35(36(64-40)37(57)58)63-38-32(54)28(50)23(49)20-60-38/h8,22-36,38-40,48-56H,9-20H2,1-7H3,(H,57,58)/t22-,23-,24+,25-,26+,27+,28-,29+,30-,31+,32+,33+,34+,35-,36-,38-,39-,40+,44-,45+,46+,47-/m0/s1. The van der Waals surface area contributed by atoms with E-state index in [4.69, 9.17) is 28.4 Å². The van der Waals surface area contributed by atoms with Gasteiger partial charge in [-0.2, -0.15) is 0 Å². The van der Waals surface area contributed by atoms with Crippen LogP contribution in [0.1, 0.15) is 113 Å². The highest BCUT2D eigenvalue weighted by Gasteiger charge is 2.70. The number of hydrogen-bond donors (Lipinski definition) is 10. The van der Waals surface area contributed by atoms with Crippen molar-refractivity contribution in [2.45, 2.75) is 205 Å². The Balaban J connectivity index is 1.01. The number of fused-ring (bicyclic) bond motifs is 7. The fourth-order valence-corrected chi connectivity index (χ4v) is 14.7. The summed E-state index contributed by atoms with van der Waals surface area (Å²) in [6.07, 6.45) is -13.6. The van der Waals surface area contributed by atoms with E-state index in [1.807, 2.05) is 0 Å². The van der Waals surface area contributed by atoms with E-state index < -0.39 is 128 Å². The van der Waals surface area contributed by atoms with Crippen LogP contribution < -0.4 is 0 Å². The van der Waals surface area contributed by atoms with Gasteiger partial charge in [0, 0.05) is 0 Å². The molecule has 8 aliphatic rings. The Morgan fingerprint density at radius 2 is 1.37 bits per heavy atom. The summed E-state index contributed by atoms with van der Waals surface area (Å²) in [5.74, 6) is -1.77. The van der Waals surface area contributed by atoms with Gasteiger partial charge >= 0.3 is 11.9 Å². The Hall–Kier alpha value is -1.88. The van der Waals surface area contributed by atoms with Crippen LogP contribution in [0.15, 0.2) is 11.6 Å². The number of allylic oxidation sites excluding steroid dienone is 2. The minimum atomic E-state index is -1.84. The van der Waals surface area contributed by atoms with E-state index >= 15 is 0 Å². The summed E-state index contributed by atoms with van der Waals surface area (Å²) in [5.41, 5.74) is -0.801. The van der Waals surface area contributed by atoms with Gasteiger partial charge in [-0.1, -0.05) is 60.1 Å². The molecule has 0 radical (unpaired) electrons. The largest absolute Gasteiger partial charge is 0.479 e. The summed E-state index contributed by atoms with van der Waals surface area (Å²) in [4.78, 5) is 27.2. The van der Waals surface area contributed by atoms with Gasteiger partial charge in [0.2, 0.25) is 6.29 Å². The summed E-state index contributed by atoms with van der Waals surface area (Å²) in [6.45, 7) is 14.9. The molecule has 22 atom stereocenters. The van der Waals surface area contributed by atoms with E-state index in [9.17, 15) is 60.7 Å². The summed E-state index contributed by atoms with van der Waals surface area (Å²) in [7, 11) is 0. The number of esters is 1. The minimum Gasteiger partial charge on any atom is -0.479 e. The lowest BCUT2D eigenvalue weighted by molar-refractivity contribution is -0.354. The molecule has 0 aromatic heterocycles. The van der Waals surface area contributed by atoms with Crippen molar-refractivity contribution in [2.75, 3.05) is 13.2 Å². The number of carbonyl (C=O) groups is 2. The predicted molar refractivity (Wildman–Crippen MR) is 225 cm³/mol. The molecule has 8 rings (SSSR count). The predicted octanol–water partition coefficient (Wildman–Crippen LogP) is 0.872. The average Bonchev–Trinajstić information content (AvgIpc) is 3.24. The number of carboxylic acid groups (broad SMARTS) is 1. The number of aliphatic hydroxyl groups excluding tert-OH is 9. The van der Waals surface area contributed by atoms with Gasteiger partial charge in [0.15, 0.2) is 18.7 Å². The fraction of sp³-hybridized carbons (Fsp3) is 0.915.